The fourth-order valence-electron chi connectivity index (χ4n) is 5.82. The van der Waals surface area contributed by atoms with Gasteiger partial charge in [-0.3, -0.25) is 9.79 Å². The summed E-state index contributed by atoms with van der Waals surface area (Å²) in [5.74, 6) is -1.07. The molecule has 3 unspecified atom stereocenters. The molecule has 0 aromatic carbocycles. The van der Waals surface area contributed by atoms with Crippen LogP contribution in [0.3, 0.4) is 0 Å². The summed E-state index contributed by atoms with van der Waals surface area (Å²) >= 11 is 0. The van der Waals surface area contributed by atoms with Crippen LogP contribution in [0, 0.1) is 23.7 Å². The van der Waals surface area contributed by atoms with Crippen molar-refractivity contribution in [2.45, 2.75) is 119 Å². The van der Waals surface area contributed by atoms with Crippen molar-refractivity contribution < 1.29 is 27.5 Å². The van der Waals surface area contributed by atoms with Gasteiger partial charge in [-0.15, -0.1) is 0 Å². The zero-order valence-corrected chi connectivity index (χ0v) is 28.7. The molecule has 6 nitrogen and oxygen atoms in total. The van der Waals surface area contributed by atoms with Crippen LogP contribution in [0.1, 0.15) is 101 Å². The Hall–Kier alpha value is -2.84. The Morgan fingerprint density at radius 2 is 1.68 bits per heavy atom. The van der Waals surface area contributed by atoms with Crippen molar-refractivity contribution >= 4 is 17.7 Å². The summed E-state index contributed by atoms with van der Waals surface area (Å²) in [5, 5.41) is 0. The molecule has 1 fully saturated rings. The average molecular weight is 624 g/mol. The smallest absolute Gasteiger partial charge is 0.416 e. The third-order valence-electron chi connectivity index (χ3n) is 8.11. The number of aliphatic imine (C=N–C) groups is 1. The Bertz CT molecular complexity index is 1140. The Morgan fingerprint density at radius 3 is 2.14 bits per heavy atom. The predicted molar refractivity (Wildman–Crippen MR) is 174 cm³/mol. The topological polar surface area (TPSA) is 85.0 Å². The number of amides is 2. The Morgan fingerprint density at radius 1 is 1.09 bits per heavy atom. The molecule has 250 valence electrons. The van der Waals surface area contributed by atoms with Gasteiger partial charge in [-0.1, -0.05) is 57.6 Å². The van der Waals surface area contributed by atoms with Gasteiger partial charge in [0.2, 0.25) is 5.91 Å². The lowest BCUT2D eigenvalue weighted by Crippen LogP contribution is -2.44. The molecule has 0 bridgehead atoms. The number of halogens is 3. The van der Waals surface area contributed by atoms with Gasteiger partial charge in [-0.2, -0.15) is 13.2 Å². The van der Waals surface area contributed by atoms with Crippen LogP contribution in [0.4, 0.5) is 18.0 Å². The number of hydrogen-bond donors (Lipinski definition) is 1. The molecule has 1 aliphatic carbocycles. The number of nitrogens with two attached hydrogens (primary N) is 1. The van der Waals surface area contributed by atoms with Crippen LogP contribution in [-0.2, 0) is 9.53 Å². The summed E-state index contributed by atoms with van der Waals surface area (Å²) in [6.07, 6.45) is -0.659. The minimum atomic E-state index is -4.66. The third-order valence-corrected chi connectivity index (χ3v) is 8.11. The minimum Gasteiger partial charge on any atom is -0.444 e. The molecule has 0 radical (unpaired) electrons. The quantitative estimate of drug-likeness (QED) is 0.126. The predicted octanol–water partition coefficient (Wildman–Crippen LogP) is 8.98. The van der Waals surface area contributed by atoms with E-state index >= 15 is 0 Å². The van der Waals surface area contributed by atoms with Crippen molar-refractivity contribution in [3.05, 3.63) is 47.1 Å². The molecule has 2 N–H and O–H groups in total. The van der Waals surface area contributed by atoms with E-state index in [4.69, 9.17) is 10.5 Å². The molecule has 9 heteroatoms. The number of nitrogens with zero attached hydrogens (tertiary/aromatic N) is 2. The Labute approximate surface area is 263 Å². The largest absolute Gasteiger partial charge is 0.444 e. The van der Waals surface area contributed by atoms with Gasteiger partial charge in [-0.05, 0) is 97.0 Å². The first-order valence-electron chi connectivity index (χ1n) is 15.7. The lowest BCUT2D eigenvalue weighted by molar-refractivity contribution is -0.123. The molecule has 0 spiro atoms. The van der Waals surface area contributed by atoms with Crippen LogP contribution in [-0.4, -0.2) is 54.0 Å². The second-order valence-electron chi connectivity index (χ2n) is 13.9. The van der Waals surface area contributed by atoms with Gasteiger partial charge >= 0.3 is 12.3 Å². The molecule has 0 aromatic rings. The van der Waals surface area contributed by atoms with Gasteiger partial charge in [0.25, 0.3) is 0 Å². The first-order valence-corrected chi connectivity index (χ1v) is 15.7. The summed E-state index contributed by atoms with van der Waals surface area (Å²) in [5.41, 5.74) is 5.92. The summed E-state index contributed by atoms with van der Waals surface area (Å²) in [6, 6.07) is -0.294. The number of rotatable bonds is 13. The lowest BCUT2D eigenvalue weighted by atomic mass is 9.74. The maximum Gasteiger partial charge on any atom is 0.416 e. The standard InChI is InChI=1S/C35H56F3N3O3/c1-21(2)20-41(33(43)44-34(9,10)11)25(7)16-23(5)17-29(22(3)4)31(26(8)40-12)30(35(36,37)38)18-24(6)27-14-13-15-28(19-27)32(39)42/h18,21,24-25,27-28H,3,5,13-17,19-20H2,1-2,4,6-12H3,(H2,39,42)/b30-18+,31-29+,40-26?/t24?,25-,27?,28?/m1/s1. The number of carbonyl (C=O) groups is 2. The molecule has 2 amide bonds. The van der Waals surface area contributed by atoms with E-state index in [2.05, 4.69) is 18.2 Å². The lowest BCUT2D eigenvalue weighted by Gasteiger charge is -2.33. The van der Waals surface area contributed by atoms with E-state index in [1.54, 1.807) is 25.7 Å². The fraction of sp³-hybridized carbons (Fsp3) is 0.686. The molecule has 1 aliphatic rings. The number of alkyl halides is 3. The molecule has 0 aliphatic heterocycles. The fourth-order valence-corrected chi connectivity index (χ4v) is 5.82. The Kier molecular flexibility index (Phi) is 14.7. The van der Waals surface area contributed by atoms with Crippen molar-refractivity contribution in [3.63, 3.8) is 0 Å². The zero-order chi connectivity index (χ0) is 34.2. The van der Waals surface area contributed by atoms with Crippen LogP contribution in [0.5, 0.6) is 0 Å². The maximum absolute atomic E-state index is 14.9. The molecule has 44 heavy (non-hydrogen) atoms. The molecule has 1 saturated carbocycles. The minimum absolute atomic E-state index is 0.00147. The highest BCUT2D eigenvalue weighted by molar-refractivity contribution is 6.03. The van der Waals surface area contributed by atoms with Crippen LogP contribution in [0.25, 0.3) is 0 Å². The van der Waals surface area contributed by atoms with Crippen molar-refractivity contribution in [2.24, 2.45) is 34.4 Å². The molecular weight excluding hydrogens is 567 g/mol. The van der Waals surface area contributed by atoms with Crippen molar-refractivity contribution in [1.29, 1.82) is 0 Å². The molecule has 1 rings (SSSR count). The molecule has 4 atom stereocenters. The van der Waals surface area contributed by atoms with Gasteiger partial charge in [0, 0.05) is 36.8 Å². The van der Waals surface area contributed by atoms with E-state index in [0.29, 0.717) is 42.5 Å². The van der Waals surface area contributed by atoms with E-state index in [1.807, 2.05) is 41.5 Å². The summed E-state index contributed by atoms with van der Waals surface area (Å²) in [6.45, 7) is 25.1. The van der Waals surface area contributed by atoms with Crippen molar-refractivity contribution in [3.8, 4) is 0 Å². The highest BCUT2D eigenvalue weighted by atomic mass is 19.4. The number of primary amides is 1. The van der Waals surface area contributed by atoms with Crippen LogP contribution < -0.4 is 5.73 Å². The molecular formula is C35H56F3N3O3. The summed E-state index contributed by atoms with van der Waals surface area (Å²) in [7, 11) is 1.48. The third kappa shape index (κ3) is 12.3. The molecule has 0 aromatic heterocycles. The number of allylic oxidation sites excluding steroid dienone is 5. The van der Waals surface area contributed by atoms with Crippen molar-refractivity contribution in [2.75, 3.05) is 13.6 Å². The van der Waals surface area contributed by atoms with Crippen LogP contribution in [0.15, 0.2) is 52.1 Å². The highest BCUT2D eigenvalue weighted by Crippen LogP contribution is 2.41. The average Bonchev–Trinajstić information content (AvgIpc) is 2.88. The Balaban J connectivity index is 3.55. The van der Waals surface area contributed by atoms with E-state index in [1.165, 1.54) is 13.1 Å². The SMILES string of the molecule is C=C(C/C(C(=C)C)=C(C(C)=NC)\C(=C/C(C)C1CCCC(C(N)=O)C1)C(F)(F)F)C[C@@H](C)N(CC(C)C)C(=O)OC(C)(C)C. The second-order valence-corrected chi connectivity index (χ2v) is 13.9. The summed E-state index contributed by atoms with van der Waals surface area (Å²) in [4.78, 5) is 30.7. The number of ether oxygens (including phenoxy) is 1. The normalized spacial score (nSPS) is 20.5. The van der Waals surface area contributed by atoms with Gasteiger partial charge in [0.15, 0.2) is 0 Å². The maximum atomic E-state index is 14.9. The van der Waals surface area contributed by atoms with Crippen LogP contribution in [0.2, 0.25) is 0 Å². The van der Waals surface area contributed by atoms with E-state index in [0.717, 1.165) is 12.8 Å². The van der Waals surface area contributed by atoms with Crippen molar-refractivity contribution in [1.82, 2.24) is 4.90 Å². The highest BCUT2D eigenvalue weighted by Gasteiger charge is 2.40. The second kappa shape index (κ2) is 16.5. The monoisotopic (exact) mass is 623 g/mol. The van der Waals surface area contributed by atoms with E-state index in [9.17, 15) is 22.8 Å². The summed E-state index contributed by atoms with van der Waals surface area (Å²) < 4.78 is 50.3. The van der Waals surface area contributed by atoms with E-state index < -0.39 is 35.3 Å². The molecule has 0 heterocycles. The van der Waals surface area contributed by atoms with Crippen LogP contribution >= 0.6 is 0 Å². The first kappa shape index (κ1) is 39.2. The van der Waals surface area contributed by atoms with Gasteiger partial charge in [0.1, 0.15) is 5.60 Å². The number of hydrogen-bond acceptors (Lipinski definition) is 4. The molecule has 0 saturated heterocycles. The van der Waals surface area contributed by atoms with Gasteiger partial charge < -0.3 is 15.4 Å². The van der Waals surface area contributed by atoms with Gasteiger partial charge in [0.05, 0.1) is 5.57 Å². The van der Waals surface area contributed by atoms with E-state index in [-0.39, 0.29) is 41.5 Å². The zero-order valence-electron chi connectivity index (χ0n) is 28.7. The number of carbonyl (C=O) groups excluding carboxylic acids is 2. The first-order chi connectivity index (χ1) is 20.1. The van der Waals surface area contributed by atoms with Gasteiger partial charge in [-0.25, -0.2) is 4.79 Å².